The van der Waals surface area contributed by atoms with Gasteiger partial charge >= 0.3 is 0 Å². The highest BCUT2D eigenvalue weighted by molar-refractivity contribution is 7.99. The van der Waals surface area contributed by atoms with Gasteiger partial charge in [-0.3, -0.25) is 9.36 Å². The number of ether oxygens (including phenoxy) is 1. The molecule has 0 aliphatic heterocycles. The zero-order valence-corrected chi connectivity index (χ0v) is 22.4. The SMILES string of the molecule is CC[NH+](CC)c1ccc(/C=N/NC(=O)CSc2nnc(-c3ccccc3)n2-c2ccc(OC)cc2)c([O-])c1. The van der Waals surface area contributed by atoms with Crippen LogP contribution in [0.4, 0.5) is 5.69 Å². The molecule has 0 radical (unpaired) electrons. The molecule has 0 bridgehead atoms. The van der Waals surface area contributed by atoms with Crippen molar-refractivity contribution in [3.8, 4) is 28.6 Å². The number of carbonyl (C=O) groups excluding carboxylic acids is 1. The van der Waals surface area contributed by atoms with E-state index < -0.39 is 0 Å². The van der Waals surface area contributed by atoms with Gasteiger partial charge in [0.25, 0.3) is 5.91 Å². The van der Waals surface area contributed by atoms with Crippen LogP contribution in [0.3, 0.4) is 0 Å². The highest BCUT2D eigenvalue weighted by Crippen LogP contribution is 2.28. The summed E-state index contributed by atoms with van der Waals surface area (Å²) in [5.41, 5.74) is 5.60. The molecule has 4 rings (SSSR count). The van der Waals surface area contributed by atoms with Crippen molar-refractivity contribution >= 4 is 29.6 Å². The third-order valence-electron chi connectivity index (χ3n) is 6.00. The lowest BCUT2D eigenvalue weighted by molar-refractivity contribution is -0.828. The second kappa shape index (κ2) is 12.9. The normalized spacial score (nSPS) is 11.3. The van der Waals surface area contributed by atoms with Crippen LogP contribution in [0.25, 0.3) is 17.1 Å². The molecule has 0 atom stereocenters. The van der Waals surface area contributed by atoms with Crippen LogP contribution >= 0.6 is 11.8 Å². The van der Waals surface area contributed by atoms with Crippen molar-refractivity contribution in [2.24, 2.45) is 5.10 Å². The van der Waals surface area contributed by atoms with E-state index in [1.165, 1.54) is 22.9 Å². The smallest absolute Gasteiger partial charge is 0.250 e. The molecular formula is C28H30N6O3S. The lowest BCUT2D eigenvalue weighted by atomic mass is 10.2. The average Bonchev–Trinajstić information content (AvgIpc) is 3.38. The topological polar surface area (TPSA) is 109 Å². The molecule has 10 heteroatoms. The average molecular weight is 531 g/mol. The Hall–Kier alpha value is -4.15. The summed E-state index contributed by atoms with van der Waals surface area (Å²) < 4.78 is 7.18. The predicted molar refractivity (Wildman–Crippen MR) is 147 cm³/mol. The molecule has 196 valence electrons. The Labute approximate surface area is 226 Å². The van der Waals surface area contributed by atoms with Crippen molar-refractivity contribution < 1.29 is 19.5 Å². The molecule has 3 aromatic carbocycles. The summed E-state index contributed by atoms with van der Waals surface area (Å²) >= 11 is 1.24. The number of carbonyl (C=O) groups is 1. The first-order chi connectivity index (χ1) is 18.5. The van der Waals surface area contributed by atoms with Gasteiger partial charge in [-0.05, 0) is 61.9 Å². The second-order valence-corrected chi connectivity index (χ2v) is 9.29. The largest absolute Gasteiger partial charge is 0.872 e. The Morgan fingerprint density at radius 3 is 2.47 bits per heavy atom. The number of hydrogen-bond acceptors (Lipinski definition) is 7. The van der Waals surface area contributed by atoms with E-state index in [1.54, 1.807) is 19.2 Å². The van der Waals surface area contributed by atoms with Crippen LogP contribution in [0.5, 0.6) is 11.5 Å². The molecule has 0 fully saturated rings. The number of aromatic nitrogens is 3. The highest BCUT2D eigenvalue weighted by Gasteiger charge is 2.17. The second-order valence-electron chi connectivity index (χ2n) is 8.35. The number of nitrogens with zero attached hydrogens (tertiary/aromatic N) is 4. The van der Waals surface area contributed by atoms with Gasteiger partial charge in [0.05, 0.1) is 32.2 Å². The summed E-state index contributed by atoms with van der Waals surface area (Å²) in [4.78, 5) is 13.8. The molecule has 0 saturated heterocycles. The van der Waals surface area contributed by atoms with E-state index in [0.29, 0.717) is 16.5 Å². The Morgan fingerprint density at radius 2 is 1.82 bits per heavy atom. The van der Waals surface area contributed by atoms with Gasteiger partial charge in [0.15, 0.2) is 11.0 Å². The van der Waals surface area contributed by atoms with Crippen LogP contribution in [-0.2, 0) is 4.79 Å². The first kappa shape index (κ1) is 26.9. The number of methoxy groups -OCH3 is 1. The van der Waals surface area contributed by atoms with Crippen molar-refractivity contribution in [3.63, 3.8) is 0 Å². The van der Waals surface area contributed by atoms with E-state index in [9.17, 15) is 9.90 Å². The van der Waals surface area contributed by atoms with Crippen molar-refractivity contribution in [1.82, 2.24) is 20.2 Å². The van der Waals surface area contributed by atoms with Gasteiger partial charge in [0, 0.05) is 11.3 Å². The molecule has 0 aliphatic rings. The molecule has 1 amide bonds. The summed E-state index contributed by atoms with van der Waals surface area (Å²) in [6, 6.07) is 22.5. The third kappa shape index (κ3) is 6.39. The number of rotatable bonds is 11. The first-order valence-corrected chi connectivity index (χ1v) is 13.3. The molecule has 0 saturated carbocycles. The maximum atomic E-state index is 12.5. The molecule has 38 heavy (non-hydrogen) atoms. The zero-order valence-electron chi connectivity index (χ0n) is 21.5. The van der Waals surface area contributed by atoms with E-state index in [2.05, 4.69) is 34.6 Å². The van der Waals surface area contributed by atoms with E-state index in [0.717, 1.165) is 35.8 Å². The molecule has 1 aromatic heterocycles. The van der Waals surface area contributed by atoms with Gasteiger partial charge in [0.2, 0.25) is 0 Å². The minimum Gasteiger partial charge on any atom is -0.872 e. The van der Waals surface area contributed by atoms with Gasteiger partial charge in [-0.1, -0.05) is 47.8 Å². The van der Waals surface area contributed by atoms with Crippen LogP contribution in [0.1, 0.15) is 19.4 Å². The van der Waals surface area contributed by atoms with Gasteiger partial charge in [0.1, 0.15) is 11.4 Å². The summed E-state index contributed by atoms with van der Waals surface area (Å²) in [7, 11) is 1.62. The maximum absolute atomic E-state index is 12.5. The lowest BCUT2D eigenvalue weighted by Gasteiger charge is -2.18. The summed E-state index contributed by atoms with van der Waals surface area (Å²) in [6.07, 6.45) is 1.37. The Balaban J connectivity index is 1.45. The fourth-order valence-corrected chi connectivity index (χ4v) is 4.70. The number of hydrogen-bond donors (Lipinski definition) is 2. The van der Waals surface area contributed by atoms with E-state index in [-0.39, 0.29) is 17.4 Å². The summed E-state index contributed by atoms with van der Waals surface area (Å²) in [5, 5.41) is 25.7. The van der Waals surface area contributed by atoms with Crippen molar-refractivity contribution in [1.29, 1.82) is 0 Å². The van der Waals surface area contributed by atoms with Crippen molar-refractivity contribution in [3.05, 3.63) is 78.4 Å². The molecule has 0 unspecified atom stereocenters. The van der Waals surface area contributed by atoms with Crippen LogP contribution < -0.4 is 20.2 Å². The number of nitrogens with one attached hydrogen (secondary N) is 2. The van der Waals surface area contributed by atoms with Gasteiger partial charge in [-0.2, -0.15) is 5.10 Å². The molecule has 2 N–H and O–H groups in total. The Bertz CT molecular complexity index is 1390. The molecule has 1 heterocycles. The maximum Gasteiger partial charge on any atom is 0.250 e. The first-order valence-electron chi connectivity index (χ1n) is 12.3. The lowest BCUT2D eigenvalue weighted by Crippen LogP contribution is -3.06. The zero-order chi connectivity index (χ0) is 26.9. The predicted octanol–water partition coefficient (Wildman–Crippen LogP) is 2.82. The minimum atomic E-state index is -0.326. The van der Waals surface area contributed by atoms with E-state index in [1.807, 2.05) is 65.2 Å². The van der Waals surface area contributed by atoms with Gasteiger partial charge < -0.3 is 14.7 Å². The van der Waals surface area contributed by atoms with Gasteiger partial charge in [-0.25, -0.2) is 5.43 Å². The van der Waals surface area contributed by atoms with E-state index in [4.69, 9.17) is 4.74 Å². The molecular weight excluding hydrogens is 500 g/mol. The fraction of sp³-hybridized carbons (Fsp3) is 0.214. The van der Waals surface area contributed by atoms with Crippen molar-refractivity contribution in [2.45, 2.75) is 19.0 Å². The fourth-order valence-electron chi connectivity index (χ4n) is 3.96. The molecule has 0 aliphatic carbocycles. The molecule has 0 spiro atoms. The van der Waals surface area contributed by atoms with Crippen LogP contribution in [0.15, 0.2) is 83.1 Å². The Morgan fingerprint density at radius 1 is 1.08 bits per heavy atom. The number of quaternary nitrogens is 1. The quantitative estimate of drug-likeness (QED) is 0.175. The number of thioether (sulfide) groups is 1. The van der Waals surface area contributed by atoms with Crippen LogP contribution in [0, 0.1) is 0 Å². The van der Waals surface area contributed by atoms with E-state index >= 15 is 0 Å². The number of amides is 1. The van der Waals surface area contributed by atoms with Crippen LogP contribution in [-0.4, -0.2) is 52.8 Å². The van der Waals surface area contributed by atoms with Crippen molar-refractivity contribution in [2.75, 3.05) is 26.0 Å². The number of benzene rings is 3. The third-order valence-corrected chi connectivity index (χ3v) is 6.93. The summed E-state index contributed by atoms with van der Waals surface area (Å²) in [5.74, 6) is 1.01. The van der Waals surface area contributed by atoms with Crippen LogP contribution in [0.2, 0.25) is 0 Å². The monoisotopic (exact) mass is 530 g/mol. The Kier molecular flexibility index (Phi) is 9.12. The van der Waals surface area contributed by atoms with Gasteiger partial charge in [-0.15, -0.1) is 10.2 Å². The molecule has 4 aromatic rings. The highest BCUT2D eigenvalue weighted by atomic mass is 32.2. The summed E-state index contributed by atoms with van der Waals surface area (Å²) in [6.45, 7) is 5.95. The minimum absolute atomic E-state index is 0.0644. The number of hydrazone groups is 1. The standard InChI is InChI=1S/C28H30N6O3S/c1-4-33(5-2)23-12-11-21(25(35)17-23)18-29-30-26(36)19-38-28-32-31-27(20-9-7-6-8-10-20)34(28)22-13-15-24(37-3)16-14-22/h6-18,35H,4-5,19H2,1-3H3,(H,30,36)/b29-18+. The molecule has 9 nitrogen and oxygen atoms in total.